The van der Waals surface area contributed by atoms with Gasteiger partial charge in [0.15, 0.2) is 0 Å². The molecule has 2 heteroatoms. The molecule has 0 aliphatic rings. The van der Waals surface area contributed by atoms with Gasteiger partial charge in [-0.05, 0) is 53.8 Å². The van der Waals surface area contributed by atoms with Crippen LogP contribution in [0.1, 0.15) is 30.9 Å². The molecule has 2 aromatic carbocycles. The van der Waals surface area contributed by atoms with E-state index < -0.39 is 0 Å². The minimum Gasteiger partial charge on any atom is -0.313 e. The van der Waals surface area contributed by atoms with Gasteiger partial charge in [0, 0.05) is 10.7 Å². The summed E-state index contributed by atoms with van der Waals surface area (Å²) >= 11 is 1.87. The quantitative estimate of drug-likeness (QED) is 0.581. The van der Waals surface area contributed by atoms with Crippen LogP contribution in [0.15, 0.2) is 60.0 Å². The molecular formula is C21H25NS. The molecule has 1 heterocycles. The van der Waals surface area contributed by atoms with E-state index in [1.165, 1.54) is 34.1 Å². The van der Waals surface area contributed by atoms with Crippen molar-refractivity contribution in [2.75, 3.05) is 6.54 Å². The van der Waals surface area contributed by atoms with E-state index in [9.17, 15) is 0 Å². The Labute approximate surface area is 143 Å². The molecule has 23 heavy (non-hydrogen) atoms. The van der Waals surface area contributed by atoms with Crippen LogP contribution < -0.4 is 5.32 Å². The maximum absolute atomic E-state index is 3.78. The summed E-state index contributed by atoms with van der Waals surface area (Å²) < 4.78 is 1.40. The van der Waals surface area contributed by atoms with Crippen LogP contribution in [0.3, 0.4) is 0 Å². The number of benzene rings is 2. The Morgan fingerprint density at radius 3 is 2.61 bits per heavy atom. The van der Waals surface area contributed by atoms with E-state index in [1.807, 2.05) is 11.3 Å². The molecule has 3 rings (SSSR count). The second-order valence-electron chi connectivity index (χ2n) is 6.14. The lowest BCUT2D eigenvalue weighted by atomic mass is 10.0. The third-order valence-corrected chi connectivity index (χ3v) is 5.37. The molecule has 0 radical (unpaired) electrons. The summed E-state index contributed by atoms with van der Waals surface area (Å²) in [5, 5.41) is 7.55. The molecule has 0 aliphatic carbocycles. The zero-order valence-electron chi connectivity index (χ0n) is 13.8. The molecule has 0 saturated carbocycles. The van der Waals surface area contributed by atoms with Crippen LogP contribution in [0.2, 0.25) is 0 Å². The summed E-state index contributed by atoms with van der Waals surface area (Å²) in [5.41, 5.74) is 2.91. The van der Waals surface area contributed by atoms with E-state index in [2.05, 4.69) is 72.2 Å². The number of rotatable bonds is 8. The lowest BCUT2D eigenvalue weighted by molar-refractivity contribution is 0.477. The first-order valence-electron chi connectivity index (χ1n) is 8.59. The van der Waals surface area contributed by atoms with Crippen molar-refractivity contribution >= 4 is 21.4 Å². The standard InChI is InChI=1S/C21H25NS/c1-2-8-19(22-14-13-17-9-4-3-5-10-17)15-18-16-23-21-12-7-6-11-20(18)21/h3-7,9-12,16,19,22H,2,8,13-15H2,1H3. The van der Waals surface area contributed by atoms with Gasteiger partial charge in [-0.25, -0.2) is 0 Å². The topological polar surface area (TPSA) is 12.0 Å². The van der Waals surface area contributed by atoms with Gasteiger partial charge in [0.25, 0.3) is 0 Å². The van der Waals surface area contributed by atoms with Crippen molar-refractivity contribution in [3.8, 4) is 0 Å². The molecule has 1 atom stereocenters. The first-order valence-corrected chi connectivity index (χ1v) is 9.47. The van der Waals surface area contributed by atoms with Crippen LogP contribution in [0.25, 0.3) is 10.1 Å². The van der Waals surface area contributed by atoms with Crippen LogP contribution in [0.5, 0.6) is 0 Å². The van der Waals surface area contributed by atoms with Crippen molar-refractivity contribution in [1.82, 2.24) is 5.32 Å². The second kappa shape index (κ2) is 8.28. The molecule has 0 aliphatic heterocycles. The van der Waals surface area contributed by atoms with Gasteiger partial charge in [-0.1, -0.05) is 61.9 Å². The molecule has 1 nitrogen and oxygen atoms in total. The average Bonchev–Trinajstić information content (AvgIpc) is 2.99. The van der Waals surface area contributed by atoms with E-state index in [0.29, 0.717) is 6.04 Å². The predicted molar refractivity (Wildman–Crippen MR) is 102 cm³/mol. The summed E-state index contributed by atoms with van der Waals surface area (Å²) in [6.07, 6.45) is 4.70. The van der Waals surface area contributed by atoms with Crippen molar-refractivity contribution < 1.29 is 0 Å². The molecule has 3 aromatic rings. The third kappa shape index (κ3) is 4.43. The second-order valence-corrected chi connectivity index (χ2v) is 7.05. The fourth-order valence-corrected chi connectivity index (χ4v) is 4.12. The highest BCUT2D eigenvalue weighted by molar-refractivity contribution is 7.17. The molecule has 120 valence electrons. The highest BCUT2D eigenvalue weighted by atomic mass is 32.1. The lowest BCUT2D eigenvalue weighted by Gasteiger charge is -2.18. The monoisotopic (exact) mass is 323 g/mol. The highest BCUT2D eigenvalue weighted by Crippen LogP contribution is 2.27. The lowest BCUT2D eigenvalue weighted by Crippen LogP contribution is -2.32. The Bertz CT molecular complexity index is 717. The van der Waals surface area contributed by atoms with Gasteiger partial charge in [-0.15, -0.1) is 11.3 Å². The molecule has 0 spiro atoms. The summed E-state index contributed by atoms with van der Waals surface area (Å²) in [7, 11) is 0. The first-order chi connectivity index (χ1) is 11.4. The van der Waals surface area contributed by atoms with Crippen molar-refractivity contribution in [3.63, 3.8) is 0 Å². The van der Waals surface area contributed by atoms with Crippen LogP contribution >= 0.6 is 11.3 Å². The fourth-order valence-electron chi connectivity index (χ4n) is 3.15. The SMILES string of the molecule is CCCC(Cc1csc2ccccc12)NCCc1ccccc1. The summed E-state index contributed by atoms with van der Waals surface area (Å²) in [6, 6.07) is 20.1. The van der Waals surface area contributed by atoms with Crippen LogP contribution in [-0.2, 0) is 12.8 Å². The maximum Gasteiger partial charge on any atom is 0.0345 e. The summed E-state index contributed by atoms with van der Waals surface area (Å²) in [5.74, 6) is 0. The van der Waals surface area contributed by atoms with Gasteiger partial charge in [0.2, 0.25) is 0 Å². The van der Waals surface area contributed by atoms with Gasteiger partial charge in [-0.2, -0.15) is 0 Å². The Hall–Kier alpha value is -1.64. The third-order valence-electron chi connectivity index (χ3n) is 4.35. The molecular weight excluding hydrogens is 298 g/mol. The van der Waals surface area contributed by atoms with E-state index in [0.717, 1.165) is 19.4 Å². The minimum absolute atomic E-state index is 0.571. The number of hydrogen-bond acceptors (Lipinski definition) is 2. The fraction of sp³-hybridized carbons (Fsp3) is 0.333. The Morgan fingerprint density at radius 1 is 1.00 bits per heavy atom. The number of fused-ring (bicyclic) bond motifs is 1. The molecule has 1 unspecified atom stereocenters. The number of thiophene rings is 1. The molecule has 0 bridgehead atoms. The minimum atomic E-state index is 0.571. The zero-order valence-corrected chi connectivity index (χ0v) is 14.6. The van der Waals surface area contributed by atoms with E-state index >= 15 is 0 Å². The van der Waals surface area contributed by atoms with Gasteiger partial charge >= 0.3 is 0 Å². The van der Waals surface area contributed by atoms with Crippen LogP contribution in [-0.4, -0.2) is 12.6 Å². The van der Waals surface area contributed by atoms with E-state index in [1.54, 1.807) is 0 Å². The summed E-state index contributed by atoms with van der Waals surface area (Å²) in [6.45, 7) is 3.33. The van der Waals surface area contributed by atoms with Crippen LogP contribution in [0.4, 0.5) is 0 Å². The van der Waals surface area contributed by atoms with Crippen molar-refractivity contribution in [3.05, 3.63) is 71.1 Å². The van der Waals surface area contributed by atoms with Crippen LogP contribution in [0, 0.1) is 0 Å². The largest absolute Gasteiger partial charge is 0.313 e. The first kappa shape index (κ1) is 16.2. The van der Waals surface area contributed by atoms with Crippen molar-refractivity contribution in [1.29, 1.82) is 0 Å². The summed E-state index contributed by atoms with van der Waals surface area (Å²) in [4.78, 5) is 0. The molecule has 1 aromatic heterocycles. The normalized spacial score (nSPS) is 12.6. The van der Waals surface area contributed by atoms with Crippen molar-refractivity contribution in [2.45, 2.75) is 38.6 Å². The Kier molecular flexibility index (Phi) is 5.84. The molecule has 0 amide bonds. The number of nitrogens with one attached hydrogen (secondary N) is 1. The van der Waals surface area contributed by atoms with E-state index in [-0.39, 0.29) is 0 Å². The molecule has 0 saturated heterocycles. The smallest absolute Gasteiger partial charge is 0.0345 e. The van der Waals surface area contributed by atoms with Crippen molar-refractivity contribution in [2.24, 2.45) is 0 Å². The van der Waals surface area contributed by atoms with Gasteiger partial charge in [0.05, 0.1) is 0 Å². The van der Waals surface area contributed by atoms with Gasteiger partial charge < -0.3 is 5.32 Å². The molecule has 1 N–H and O–H groups in total. The highest BCUT2D eigenvalue weighted by Gasteiger charge is 2.11. The average molecular weight is 324 g/mol. The molecule has 0 fully saturated rings. The van der Waals surface area contributed by atoms with E-state index in [4.69, 9.17) is 0 Å². The number of hydrogen-bond donors (Lipinski definition) is 1. The maximum atomic E-state index is 3.78. The predicted octanol–water partition coefficient (Wildman–Crippen LogP) is 5.44. The van der Waals surface area contributed by atoms with Gasteiger partial charge in [-0.3, -0.25) is 0 Å². The Morgan fingerprint density at radius 2 is 1.78 bits per heavy atom. The zero-order chi connectivity index (χ0) is 15.9. The Balaban J connectivity index is 1.60. The van der Waals surface area contributed by atoms with Gasteiger partial charge in [0.1, 0.15) is 0 Å².